The summed E-state index contributed by atoms with van der Waals surface area (Å²) in [5.41, 5.74) is 6.36. The van der Waals surface area contributed by atoms with Gasteiger partial charge in [0.25, 0.3) is 11.8 Å². The molecule has 6 heteroatoms. The first-order valence-corrected chi connectivity index (χ1v) is 10.8. The summed E-state index contributed by atoms with van der Waals surface area (Å²) in [7, 11) is 0. The Morgan fingerprint density at radius 3 is 2.45 bits per heavy atom. The van der Waals surface area contributed by atoms with Gasteiger partial charge in [-0.2, -0.15) is 0 Å². The highest BCUT2D eigenvalue weighted by Crippen LogP contribution is 2.24. The Kier molecular flexibility index (Phi) is 7.45. The van der Waals surface area contributed by atoms with Crippen LogP contribution >= 0.6 is 0 Å². The normalized spacial score (nSPS) is 13.6. The first-order chi connectivity index (χ1) is 14.8. The monoisotopic (exact) mass is 422 g/mol. The fourth-order valence-electron chi connectivity index (χ4n) is 3.72. The van der Waals surface area contributed by atoms with Gasteiger partial charge in [-0.05, 0) is 86.4 Å². The van der Waals surface area contributed by atoms with Crippen molar-refractivity contribution in [3.05, 3.63) is 69.8 Å². The van der Waals surface area contributed by atoms with Gasteiger partial charge in [0.2, 0.25) is 0 Å². The number of hydrogen-bond donors (Lipinski definition) is 2. The summed E-state index contributed by atoms with van der Waals surface area (Å²) < 4.78 is 4.99. The molecule has 0 aliphatic heterocycles. The van der Waals surface area contributed by atoms with Gasteiger partial charge in [0, 0.05) is 5.56 Å². The molecule has 1 atom stereocenters. The Bertz CT molecular complexity index is 983. The van der Waals surface area contributed by atoms with E-state index in [0.717, 1.165) is 29.5 Å². The zero-order chi connectivity index (χ0) is 22.4. The minimum absolute atomic E-state index is 0.178. The molecule has 0 bridgehead atoms. The highest BCUT2D eigenvalue weighted by molar-refractivity contribution is 5.96. The van der Waals surface area contributed by atoms with Gasteiger partial charge in [-0.1, -0.05) is 24.3 Å². The van der Waals surface area contributed by atoms with Gasteiger partial charge in [0.05, 0.1) is 6.04 Å². The standard InChI is InChI=1S/C25H30N2O4/c1-16-8-9-22(12-17(16)2)25(30)26-14-24(29)31-15-23(28)27-18(3)20-11-10-19-6-4-5-7-21(19)13-20/h8-13,18H,4-7,14-15H2,1-3H3,(H,26,30)(H,27,28). The van der Waals surface area contributed by atoms with Crippen LogP contribution in [0.2, 0.25) is 0 Å². The number of carbonyl (C=O) groups excluding carboxylic acids is 3. The number of nitrogens with one attached hydrogen (secondary N) is 2. The molecular formula is C25H30N2O4. The molecule has 0 saturated heterocycles. The maximum Gasteiger partial charge on any atom is 0.325 e. The highest BCUT2D eigenvalue weighted by atomic mass is 16.5. The molecule has 2 aromatic rings. The molecule has 2 N–H and O–H groups in total. The van der Waals surface area contributed by atoms with Gasteiger partial charge < -0.3 is 15.4 Å². The van der Waals surface area contributed by atoms with Gasteiger partial charge in [-0.15, -0.1) is 0 Å². The van der Waals surface area contributed by atoms with Crippen molar-refractivity contribution in [1.82, 2.24) is 10.6 Å². The summed E-state index contributed by atoms with van der Waals surface area (Å²) in [5, 5.41) is 5.38. The van der Waals surface area contributed by atoms with Gasteiger partial charge in [0.15, 0.2) is 6.61 Å². The Morgan fingerprint density at radius 2 is 1.71 bits per heavy atom. The van der Waals surface area contributed by atoms with Crippen LogP contribution in [0.25, 0.3) is 0 Å². The zero-order valence-corrected chi connectivity index (χ0v) is 18.4. The van der Waals surface area contributed by atoms with Crippen molar-refractivity contribution in [2.75, 3.05) is 13.2 Å². The lowest BCUT2D eigenvalue weighted by Gasteiger charge is -2.20. The lowest BCUT2D eigenvalue weighted by Crippen LogP contribution is -2.34. The van der Waals surface area contributed by atoms with E-state index in [0.29, 0.717) is 5.56 Å². The molecule has 2 amide bonds. The SMILES string of the molecule is Cc1ccc(C(=O)NCC(=O)OCC(=O)NC(C)c2ccc3c(c2)CCCC3)cc1C. The van der Waals surface area contributed by atoms with Crippen molar-refractivity contribution in [2.45, 2.75) is 52.5 Å². The number of rotatable bonds is 7. The molecule has 164 valence electrons. The second kappa shape index (κ2) is 10.2. The molecular weight excluding hydrogens is 392 g/mol. The van der Waals surface area contributed by atoms with E-state index in [9.17, 15) is 14.4 Å². The average Bonchev–Trinajstić information content (AvgIpc) is 2.77. The number of esters is 1. The van der Waals surface area contributed by atoms with E-state index < -0.39 is 5.97 Å². The summed E-state index contributed by atoms with van der Waals surface area (Å²) in [6.45, 7) is 5.12. The smallest absolute Gasteiger partial charge is 0.325 e. The lowest BCUT2D eigenvalue weighted by molar-refractivity contribution is -0.147. The van der Waals surface area contributed by atoms with Crippen LogP contribution in [0.5, 0.6) is 0 Å². The molecule has 1 aliphatic rings. The predicted molar refractivity (Wildman–Crippen MR) is 119 cm³/mol. The van der Waals surface area contributed by atoms with Crippen LogP contribution in [0.3, 0.4) is 0 Å². The van der Waals surface area contributed by atoms with Gasteiger partial charge in [0.1, 0.15) is 6.54 Å². The third kappa shape index (κ3) is 6.17. The number of amides is 2. The molecule has 2 aromatic carbocycles. The highest BCUT2D eigenvalue weighted by Gasteiger charge is 2.16. The molecule has 0 spiro atoms. The summed E-state index contributed by atoms with van der Waals surface area (Å²) in [4.78, 5) is 36.2. The molecule has 0 saturated carbocycles. The van der Waals surface area contributed by atoms with Crippen molar-refractivity contribution in [2.24, 2.45) is 0 Å². The van der Waals surface area contributed by atoms with E-state index in [-0.39, 0.29) is 31.0 Å². The molecule has 0 radical (unpaired) electrons. The Morgan fingerprint density at radius 1 is 0.968 bits per heavy atom. The molecule has 1 unspecified atom stereocenters. The van der Waals surface area contributed by atoms with Gasteiger partial charge >= 0.3 is 5.97 Å². The molecule has 0 heterocycles. The second-order valence-electron chi connectivity index (χ2n) is 8.17. The van der Waals surface area contributed by atoms with Crippen LogP contribution in [0.1, 0.15) is 64.0 Å². The third-order valence-electron chi connectivity index (χ3n) is 5.78. The first-order valence-electron chi connectivity index (χ1n) is 10.8. The van der Waals surface area contributed by atoms with Gasteiger partial charge in [-0.3, -0.25) is 14.4 Å². The van der Waals surface area contributed by atoms with Crippen molar-refractivity contribution in [3.8, 4) is 0 Å². The van der Waals surface area contributed by atoms with Crippen LogP contribution in [0.15, 0.2) is 36.4 Å². The van der Waals surface area contributed by atoms with E-state index in [1.54, 1.807) is 12.1 Å². The van der Waals surface area contributed by atoms with Crippen LogP contribution in [0.4, 0.5) is 0 Å². The number of fused-ring (bicyclic) bond motifs is 1. The maximum atomic E-state index is 12.2. The summed E-state index contributed by atoms with van der Waals surface area (Å²) in [6.07, 6.45) is 4.63. The second-order valence-corrected chi connectivity index (χ2v) is 8.17. The van der Waals surface area contributed by atoms with Crippen molar-refractivity contribution < 1.29 is 19.1 Å². The number of carbonyl (C=O) groups is 3. The Labute approximate surface area is 183 Å². The van der Waals surface area contributed by atoms with Crippen molar-refractivity contribution in [1.29, 1.82) is 0 Å². The maximum absolute atomic E-state index is 12.2. The number of hydrogen-bond acceptors (Lipinski definition) is 4. The molecule has 31 heavy (non-hydrogen) atoms. The fourth-order valence-corrected chi connectivity index (χ4v) is 3.72. The zero-order valence-electron chi connectivity index (χ0n) is 18.4. The lowest BCUT2D eigenvalue weighted by atomic mass is 9.89. The van der Waals surface area contributed by atoms with Crippen LogP contribution < -0.4 is 10.6 Å². The molecule has 0 fully saturated rings. The Hall–Kier alpha value is -3.15. The third-order valence-corrected chi connectivity index (χ3v) is 5.78. The molecule has 3 rings (SSSR count). The topological polar surface area (TPSA) is 84.5 Å². The van der Waals surface area contributed by atoms with E-state index in [4.69, 9.17) is 4.74 Å². The fraction of sp³-hybridized carbons (Fsp3) is 0.400. The number of aryl methyl sites for hydroxylation is 4. The minimum Gasteiger partial charge on any atom is -0.454 e. The summed E-state index contributed by atoms with van der Waals surface area (Å²) in [5.74, 6) is -1.39. The van der Waals surface area contributed by atoms with Gasteiger partial charge in [-0.25, -0.2) is 0 Å². The largest absolute Gasteiger partial charge is 0.454 e. The van der Waals surface area contributed by atoms with E-state index >= 15 is 0 Å². The average molecular weight is 423 g/mol. The molecule has 0 aromatic heterocycles. The Balaban J connectivity index is 1.42. The molecule has 1 aliphatic carbocycles. The summed E-state index contributed by atoms with van der Waals surface area (Å²) in [6, 6.07) is 11.5. The van der Waals surface area contributed by atoms with Crippen molar-refractivity contribution in [3.63, 3.8) is 0 Å². The number of benzene rings is 2. The minimum atomic E-state index is -0.659. The van der Waals surface area contributed by atoms with E-state index in [1.165, 1.54) is 24.0 Å². The van der Waals surface area contributed by atoms with Crippen LogP contribution in [-0.4, -0.2) is 30.9 Å². The van der Waals surface area contributed by atoms with E-state index in [2.05, 4.69) is 22.8 Å². The molecule has 6 nitrogen and oxygen atoms in total. The van der Waals surface area contributed by atoms with E-state index in [1.807, 2.05) is 32.9 Å². The van der Waals surface area contributed by atoms with Crippen LogP contribution in [-0.2, 0) is 27.2 Å². The van der Waals surface area contributed by atoms with Crippen LogP contribution in [0, 0.1) is 13.8 Å². The first kappa shape index (κ1) is 22.5. The van der Waals surface area contributed by atoms with Crippen molar-refractivity contribution >= 4 is 17.8 Å². The summed E-state index contributed by atoms with van der Waals surface area (Å²) >= 11 is 0. The number of ether oxygens (including phenoxy) is 1. The quantitative estimate of drug-likeness (QED) is 0.671. The predicted octanol–water partition coefficient (Wildman–Crippen LogP) is 3.33.